The largest absolute Gasteiger partial charge is 0.334 e. The standard InChI is InChI=1S/C22H24F2N2O/c23-18-8-5-16(6-9-18)17-7-10-20(21(24)14-17)22(27)26-13-3-4-19(26)15-25-11-1-2-12-25/h5-10,14,19H,1-4,11-13,15H2. The Morgan fingerprint density at radius 2 is 1.63 bits per heavy atom. The minimum Gasteiger partial charge on any atom is -0.334 e. The molecule has 142 valence electrons. The van der Waals surface area contributed by atoms with Crippen LogP contribution in [-0.4, -0.2) is 47.9 Å². The molecule has 2 aliphatic heterocycles. The van der Waals surface area contributed by atoms with E-state index in [9.17, 15) is 13.6 Å². The summed E-state index contributed by atoms with van der Waals surface area (Å²) in [6.45, 7) is 3.77. The Morgan fingerprint density at radius 1 is 0.926 bits per heavy atom. The zero-order chi connectivity index (χ0) is 18.8. The molecule has 4 rings (SSSR count). The van der Waals surface area contributed by atoms with E-state index >= 15 is 0 Å². The van der Waals surface area contributed by atoms with Crippen LogP contribution in [0.4, 0.5) is 8.78 Å². The molecule has 1 atom stereocenters. The van der Waals surface area contributed by atoms with E-state index in [1.165, 1.54) is 31.0 Å². The van der Waals surface area contributed by atoms with Crippen LogP contribution in [0.25, 0.3) is 11.1 Å². The normalized spacial score (nSPS) is 20.4. The van der Waals surface area contributed by atoms with Gasteiger partial charge in [-0.1, -0.05) is 18.2 Å². The van der Waals surface area contributed by atoms with Crippen LogP contribution in [0.3, 0.4) is 0 Å². The van der Waals surface area contributed by atoms with Gasteiger partial charge >= 0.3 is 0 Å². The lowest BCUT2D eigenvalue weighted by Gasteiger charge is -2.28. The monoisotopic (exact) mass is 370 g/mol. The van der Waals surface area contributed by atoms with Gasteiger partial charge in [-0.3, -0.25) is 4.79 Å². The van der Waals surface area contributed by atoms with Gasteiger partial charge in [0.05, 0.1) is 5.56 Å². The van der Waals surface area contributed by atoms with Crippen molar-refractivity contribution in [3.05, 3.63) is 59.7 Å². The number of hydrogen-bond donors (Lipinski definition) is 0. The minimum atomic E-state index is -0.520. The van der Waals surface area contributed by atoms with Gasteiger partial charge in [-0.15, -0.1) is 0 Å². The predicted octanol–water partition coefficient (Wildman–Crippen LogP) is 4.33. The van der Waals surface area contributed by atoms with Crippen LogP contribution in [0.15, 0.2) is 42.5 Å². The second-order valence-electron chi connectivity index (χ2n) is 7.50. The first kappa shape index (κ1) is 18.1. The summed E-state index contributed by atoms with van der Waals surface area (Å²) in [4.78, 5) is 17.2. The number of rotatable bonds is 4. The second-order valence-corrected chi connectivity index (χ2v) is 7.50. The molecule has 2 heterocycles. The molecule has 27 heavy (non-hydrogen) atoms. The molecule has 2 aromatic carbocycles. The first-order valence-corrected chi connectivity index (χ1v) is 9.70. The van der Waals surface area contributed by atoms with Crippen molar-refractivity contribution in [2.75, 3.05) is 26.2 Å². The smallest absolute Gasteiger partial charge is 0.257 e. The van der Waals surface area contributed by atoms with Gasteiger partial charge < -0.3 is 9.80 Å². The maximum absolute atomic E-state index is 14.7. The maximum atomic E-state index is 14.7. The van der Waals surface area contributed by atoms with Gasteiger partial charge in [0.2, 0.25) is 0 Å². The fourth-order valence-corrected chi connectivity index (χ4v) is 4.22. The van der Waals surface area contributed by atoms with Gasteiger partial charge in [0.25, 0.3) is 5.91 Å². The lowest BCUT2D eigenvalue weighted by Crippen LogP contribution is -2.42. The van der Waals surface area contributed by atoms with E-state index in [1.807, 2.05) is 4.90 Å². The molecule has 0 radical (unpaired) electrons. The van der Waals surface area contributed by atoms with Crippen LogP contribution in [0.2, 0.25) is 0 Å². The Hall–Kier alpha value is -2.27. The van der Waals surface area contributed by atoms with Gasteiger partial charge in [-0.05, 0) is 74.2 Å². The molecule has 2 aliphatic rings. The molecule has 0 bridgehead atoms. The van der Waals surface area contributed by atoms with Crippen LogP contribution in [0.1, 0.15) is 36.0 Å². The van der Waals surface area contributed by atoms with Gasteiger partial charge in [0.15, 0.2) is 0 Å². The summed E-state index contributed by atoms with van der Waals surface area (Å²) in [6.07, 6.45) is 4.40. The van der Waals surface area contributed by atoms with Crippen molar-refractivity contribution in [2.45, 2.75) is 31.7 Å². The third-order valence-electron chi connectivity index (χ3n) is 5.68. The van der Waals surface area contributed by atoms with Crippen LogP contribution >= 0.6 is 0 Å². The van der Waals surface area contributed by atoms with E-state index in [-0.39, 0.29) is 23.3 Å². The van der Waals surface area contributed by atoms with E-state index in [1.54, 1.807) is 24.3 Å². The van der Waals surface area contributed by atoms with Crippen LogP contribution in [-0.2, 0) is 0 Å². The van der Waals surface area contributed by atoms with Crippen molar-refractivity contribution < 1.29 is 13.6 Å². The van der Waals surface area contributed by atoms with Crippen molar-refractivity contribution in [1.82, 2.24) is 9.80 Å². The molecule has 0 N–H and O–H groups in total. The fraction of sp³-hybridized carbons (Fsp3) is 0.409. The molecule has 5 heteroatoms. The Morgan fingerprint density at radius 3 is 2.33 bits per heavy atom. The first-order valence-electron chi connectivity index (χ1n) is 9.70. The third kappa shape index (κ3) is 3.88. The van der Waals surface area contributed by atoms with Crippen molar-refractivity contribution >= 4 is 5.91 Å². The van der Waals surface area contributed by atoms with E-state index in [2.05, 4.69) is 4.90 Å². The maximum Gasteiger partial charge on any atom is 0.257 e. The van der Waals surface area contributed by atoms with E-state index in [0.717, 1.165) is 38.0 Å². The molecule has 0 aromatic heterocycles. The highest BCUT2D eigenvalue weighted by Gasteiger charge is 2.32. The molecule has 2 fully saturated rings. The highest BCUT2D eigenvalue weighted by molar-refractivity contribution is 5.95. The van der Waals surface area contributed by atoms with Crippen molar-refractivity contribution in [3.8, 4) is 11.1 Å². The van der Waals surface area contributed by atoms with E-state index in [4.69, 9.17) is 0 Å². The Kier molecular flexibility index (Phi) is 5.21. The predicted molar refractivity (Wildman–Crippen MR) is 102 cm³/mol. The van der Waals surface area contributed by atoms with E-state index in [0.29, 0.717) is 12.1 Å². The number of benzene rings is 2. The van der Waals surface area contributed by atoms with Crippen molar-refractivity contribution in [3.63, 3.8) is 0 Å². The SMILES string of the molecule is O=C(c1ccc(-c2ccc(F)cc2)cc1F)N1CCCC1CN1CCCC1. The molecule has 3 nitrogen and oxygen atoms in total. The van der Waals surface area contributed by atoms with Crippen molar-refractivity contribution in [2.24, 2.45) is 0 Å². The molecule has 0 spiro atoms. The quantitative estimate of drug-likeness (QED) is 0.800. The van der Waals surface area contributed by atoms with Crippen LogP contribution in [0.5, 0.6) is 0 Å². The number of nitrogens with zero attached hydrogens (tertiary/aromatic N) is 2. The Labute approximate surface area is 158 Å². The molecule has 1 amide bonds. The van der Waals surface area contributed by atoms with Gasteiger partial charge in [0.1, 0.15) is 11.6 Å². The number of likely N-dealkylation sites (tertiary alicyclic amines) is 2. The number of carbonyl (C=O) groups excluding carboxylic acids is 1. The molecule has 0 saturated carbocycles. The highest BCUT2D eigenvalue weighted by Crippen LogP contribution is 2.26. The molecule has 2 saturated heterocycles. The van der Waals surface area contributed by atoms with Crippen LogP contribution < -0.4 is 0 Å². The molecular weight excluding hydrogens is 346 g/mol. The van der Waals surface area contributed by atoms with Gasteiger partial charge in [-0.25, -0.2) is 8.78 Å². The summed E-state index contributed by atoms with van der Waals surface area (Å²) in [7, 11) is 0. The summed E-state index contributed by atoms with van der Waals surface area (Å²) in [5.74, 6) is -1.07. The number of amides is 1. The fourth-order valence-electron chi connectivity index (χ4n) is 4.22. The first-order chi connectivity index (χ1) is 13.1. The molecule has 2 aromatic rings. The highest BCUT2D eigenvalue weighted by atomic mass is 19.1. The third-order valence-corrected chi connectivity index (χ3v) is 5.68. The second kappa shape index (κ2) is 7.77. The zero-order valence-electron chi connectivity index (χ0n) is 15.3. The van der Waals surface area contributed by atoms with Gasteiger partial charge in [-0.2, -0.15) is 0 Å². The number of hydrogen-bond acceptors (Lipinski definition) is 2. The van der Waals surface area contributed by atoms with E-state index < -0.39 is 5.82 Å². The minimum absolute atomic E-state index is 0.120. The molecule has 1 unspecified atom stereocenters. The summed E-state index contributed by atoms with van der Waals surface area (Å²) in [5, 5.41) is 0. The number of carbonyl (C=O) groups is 1. The molecule has 0 aliphatic carbocycles. The average Bonchev–Trinajstić information content (AvgIpc) is 3.34. The topological polar surface area (TPSA) is 23.6 Å². The van der Waals surface area contributed by atoms with Crippen LogP contribution in [0, 0.1) is 11.6 Å². The average molecular weight is 370 g/mol. The Balaban J connectivity index is 1.51. The van der Waals surface area contributed by atoms with Crippen molar-refractivity contribution in [1.29, 1.82) is 0 Å². The van der Waals surface area contributed by atoms with Gasteiger partial charge in [0, 0.05) is 19.1 Å². The molecular formula is C22H24F2N2O. The summed E-state index contributed by atoms with van der Waals surface area (Å²) < 4.78 is 27.8. The summed E-state index contributed by atoms with van der Waals surface area (Å²) in [6, 6.07) is 10.7. The summed E-state index contributed by atoms with van der Waals surface area (Å²) in [5.41, 5.74) is 1.48. The lowest BCUT2D eigenvalue weighted by atomic mass is 10.0. The Bertz CT molecular complexity index is 816. The number of halogens is 2. The summed E-state index contributed by atoms with van der Waals surface area (Å²) >= 11 is 0. The zero-order valence-corrected chi connectivity index (χ0v) is 15.3. The lowest BCUT2D eigenvalue weighted by molar-refractivity contribution is 0.0704.